The molecular formula is C15H19N3. The lowest BCUT2D eigenvalue weighted by atomic mass is 10.1. The lowest BCUT2D eigenvalue weighted by Gasteiger charge is -2.09. The molecular weight excluding hydrogens is 222 g/mol. The third-order valence-electron chi connectivity index (χ3n) is 3.13. The molecule has 2 aromatic rings. The van der Waals surface area contributed by atoms with Crippen molar-refractivity contribution >= 4 is 5.82 Å². The number of hydrogen-bond donors (Lipinski definition) is 1. The zero-order chi connectivity index (χ0) is 13.1. The summed E-state index contributed by atoms with van der Waals surface area (Å²) in [5, 5.41) is 0. The minimum Gasteiger partial charge on any atom is -0.383 e. The highest BCUT2D eigenvalue weighted by molar-refractivity contribution is 5.42. The van der Waals surface area contributed by atoms with Gasteiger partial charge in [0.2, 0.25) is 0 Å². The van der Waals surface area contributed by atoms with E-state index in [1.807, 2.05) is 6.92 Å². The van der Waals surface area contributed by atoms with Gasteiger partial charge < -0.3 is 5.73 Å². The molecule has 18 heavy (non-hydrogen) atoms. The van der Waals surface area contributed by atoms with Gasteiger partial charge in [-0.3, -0.25) is 0 Å². The van der Waals surface area contributed by atoms with Crippen molar-refractivity contribution in [2.75, 3.05) is 5.73 Å². The van der Waals surface area contributed by atoms with E-state index in [-0.39, 0.29) is 0 Å². The second-order valence-corrected chi connectivity index (χ2v) is 4.60. The van der Waals surface area contributed by atoms with Crippen molar-refractivity contribution in [3.63, 3.8) is 0 Å². The van der Waals surface area contributed by atoms with E-state index >= 15 is 0 Å². The highest BCUT2D eigenvalue weighted by Crippen LogP contribution is 2.15. The summed E-state index contributed by atoms with van der Waals surface area (Å²) in [5.41, 5.74) is 10.5. The fourth-order valence-corrected chi connectivity index (χ4v) is 2.08. The third kappa shape index (κ3) is 2.67. The molecule has 1 heterocycles. The third-order valence-corrected chi connectivity index (χ3v) is 3.13. The van der Waals surface area contributed by atoms with Crippen LogP contribution in [0.4, 0.5) is 5.82 Å². The minimum absolute atomic E-state index is 0.618. The first kappa shape index (κ1) is 12.6. The zero-order valence-corrected chi connectivity index (χ0v) is 11.2. The Kier molecular flexibility index (Phi) is 3.60. The second kappa shape index (κ2) is 5.17. The van der Waals surface area contributed by atoms with Crippen LogP contribution in [0.25, 0.3) is 0 Å². The van der Waals surface area contributed by atoms with E-state index < -0.39 is 0 Å². The molecule has 94 valence electrons. The van der Waals surface area contributed by atoms with Gasteiger partial charge in [-0.05, 0) is 25.8 Å². The lowest BCUT2D eigenvalue weighted by Crippen LogP contribution is -2.07. The van der Waals surface area contributed by atoms with Gasteiger partial charge in [-0.25, -0.2) is 9.97 Å². The van der Waals surface area contributed by atoms with Crippen LogP contribution in [0.2, 0.25) is 0 Å². The number of rotatable bonds is 3. The van der Waals surface area contributed by atoms with Crippen LogP contribution in [0.15, 0.2) is 24.3 Å². The fraction of sp³-hybridized carbons (Fsp3) is 0.333. The van der Waals surface area contributed by atoms with Crippen molar-refractivity contribution in [2.24, 2.45) is 0 Å². The molecule has 0 radical (unpaired) electrons. The standard InChI is InChI=1S/C15H19N3/c1-4-13-11(3)17-14(18-15(13)16)9-12-7-5-10(2)6-8-12/h5-8H,4,9H2,1-3H3,(H2,16,17,18). The molecule has 0 aliphatic heterocycles. The van der Waals surface area contributed by atoms with Crippen LogP contribution < -0.4 is 5.73 Å². The highest BCUT2D eigenvalue weighted by Gasteiger charge is 2.07. The van der Waals surface area contributed by atoms with E-state index in [4.69, 9.17) is 5.73 Å². The van der Waals surface area contributed by atoms with Gasteiger partial charge in [0.05, 0.1) is 0 Å². The number of nitrogens with zero attached hydrogens (tertiary/aromatic N) is 2. The van der Waals surface area contributed by atoms with E-state index in [0.717, 1.165) is 29.9 Å². The Morgan fingerprint density at radius 2 is 1.72 bits per heavy atom. The Balaban J connectivity index is 2.27. The van der Waals surface area contributed by atoms with Crippen LogP contribution in [0.5, 0.6) is 0 Å². The van der Waals surface area contributed by atoms with Gasteiger partial charge in [0, 0.05) is 17.7 Å². The Hall–Kier alpha value is -1.90. The Bertz CT molecular complexity index is 521. The van der Waals surface area contributed by atoms with Crippen molar-refractivity contribution in [1.29, 1.82) is 0 Å². The van der Waals surface area contributed by atoms with Crippen LogP contribution in [0, 0.1) is 13.8 Å². The molecule has 2 rings (SSSR count). The Labute approximate surface area is 108 Å². The summed E-state index contributed by atoms with van der Waals surface area (Å²) < 4.78 is 0. The molecule has 1 aromatic heterocycles. The van der Waals surface area contributed by atoms with Gasteiger partial charge in [-0.1, -0.05) is 36.8 Å². The number of hydrogen-bond acceptors (Lipinski definition) is 3. The average Bonchev–Trinajstić information content (AvgIpc) is 2.32. The van der Waals surface area contributed by atoms with Crippen molar-refractivity contribution < 1.29 is 0 Å². The van der Waals surface area contributed by atoms with E-state index in [1.165, 1.54) is 11.1 Å². The lowest BCUT2D eigenvalue weighted by molar-refractivity contribution is 0.912. The molecule has 0 saturated heterocycles. The summed E-state index contributed by atoms with van der Waals surface area (Å²) in [6, 6.07) is 8.42. The van der Waals surface area contributed by atoms with Gasteiger partial charge in [-0.15, -0.1) is 0 Å². The molecule has 3 heteroatoms. The average molecular weight is 241 g/mol. The smallest absolute Gasteiger partial charge is 0.135 e. The van der Waals surface area contributed by atoms with Crippen molar-refractivity contribution in [2.45, 2.75) is 33.6 Å². The maximum Gasteiger partial charge on any atom is 0.135 e. The van der Waals surface area contributed by atoms with Gasteiger partial charge in [-0.2, -0.15) is 0 Å². The van der Waals surface area contributed by atoms with Gasteiger partial charge >= 0.3 is 0 Å². The SMILES string of the molecule is CCc1c(C)nc(Cc2ccc(C)cc2)nc1N. The summed E-state index contributed by atoms with van der Waals surface area (Å²) in [7, 11) is 0. The van der Waals surface area contributed by atoms with Crippen molar-refractivity contribution in [3.8, 4) is 0 Å². The number of aromatic nitrogens is 2. The van der Waals surface area contributed by atoms with Crippen LogP contribution in [-0.4, -0.2) is 9.97 Å². The molecule has 0 unspecified atom stereocenters. The van der Waals surface area contributed by atoms with E-state index in [2.05, 4.69) is 48.1 Å². The van der Waals surface area contributed by atoms with E-state index in [1.54, 1.807) is 0 Å². The number of nitrogen functional groups attached to an aromatic ring is 1. The summed E-state index contributed by atoms with van der Waals surface area (Å²) in [6.45, 7) is 6.15. The topological polar surface area (TPSA) is 51.8 Å². The van der Waals surface area contributed by atoms with Crippen LogP contribution in [-0.2, 0) is 12.8 Å². The van der Waals surface area contributed by atoms with E-state index in [0.29, 0.717) is 5.82 Å². The summed E-state index contributed by atoms with van der Waals surface area (Å²) in [5.74, 6) is 1.41. The number of benzene rings is 1. The molecule has 0 spiro atoms. The first-order valence-electron chi connectivity index (χ1n) is 6.27. The number of aryl methyl sites for hydroxylation is 2. The monoisotopic (exact) mass is 241 g/mol. The molecule has 1 aromatic carbocycles. The molecule has 0 saturated carbocycles. The normalized spacial score (nSPS) is 10.6. The largest absolute Gasteiger partial charge is 0.383 e. The molecule has 0 amide bonds. The molecule has 3 nitrogen and oxygen atoms in total. The maximum absolute atomic E-state index is 5.96. The molecule has 0 aliphatic rings. The zero-order valence-electron chi connectivity index (χ0n) is 11.2. The van der Waals surface area contributed by atoms with Crippen LogP contribution in [0.1, 0.15) is 35.1 Å². The van der Waals surface area contributed by atoms with Crippen LogP contribution in [0.3, 0.4) is 0 Å². The van der Waals surface area contributed by atoms with Gasteiger partial charge in [0.15, 0.2) is 0 Å². The predicted octanol–water partition coefficient (Wildman–Crippen LogP) is 2.83. The number of anilines is 1. The fourth-order valence-electron chi connectivity index (χ4n) is 2.08. The first-order valence-corrected chi connectivity index (χ1v) is 6.27. The predicted molar refractivity (Wildman–Crippen MR) is 74.5 cm³/mol. The minimum atomic E-state index is 0.618. The first-order chi connectivity index (χ1) is 8.60. The van der Waals surface area contributed by atoms with Gasteiger partial charge in [0.25, 0.3) is 0 Å². The molecule has 0 bridgehead atoms. The second-order valence-electron chi connectivity index (χ2n) is 4.60. The Morgan fingerprint density at radius 3 is 2.28 bits per heavy atom. The molecule has 0 fully saturated rings. The van der Waals surface area contributed by atoms with Crippen molar-refractivity contribution in [1.82, 2.24) is 9.97 Å². The summed E-state index contributed by atoms with van der Waals surface area (Å²) >= 11 is 0. The number of nitrogens with two attached hydrogens (primary N) is 1. The van der Waals surface area contributed by atoms with Crippen LogP contribution >= 0.6 is 0 Å². The van der Waals surface area contributed by atoms with Gasteiger partial charge in [0.1, 0.15) is 11.6 Å². The quantitative estimate of drug-likeness (QED) is 0.899. The van der Waals surface area contributed by atoms with E-state index in [9.17, 15) is 0 Å². The maximum atomic E-state index is 5.96. The highest BCUT2D eigenvalue weighted by atomic mass is 14.9. The molecule has 0 atom stereocenters. The molecule has 2 N–H and O–H groups in total. The Morgan fingerprint density at radius 1 is 1.06 bits per heavy atom. The van der Waals surface area contributed by atoms with Crippen molar-refractivity contribution in [3.05, 3.63) is 52.5 Å². The summed E-state index contributed by atoms with van der Waals surface area (Å²) in [6.07, 6.45) is 1.61. The molecule has 0 aliphatic carbocycles. The summed E-state index contributed by atoms with van der Waals surface area (Å²) in [4.78, 5) is 8.92.